The molecule has 0 amide bonds. The molecule has 0 aliphatic heterocycles. The molecule has 12 heavy (non-hydrogen) atoms. The SMILES string of the molecule is C/C=C\C=C(\C)c1ccnn1N. The lowest BCUT2D eigenvalue weighted by Crippen LogP contribution is -2.12. The highest BCUT2D eigenvalue weighted by atomic mass is 15.5. The predicted molar refractivity (Wildman–Crippen MR) is 50.8 cm³/mol. The molecule has 1 aromatic heterocycles. The van der Waals surface area contributed by atoms with Crippen molar-refractivity contribution in [3.63, 3.8) is 0 Å². The summed E-state index contributed by atoms with van der Waals surface area (Å²) in [6, 6.07) is 1.88. The standard InChI is InChI=1S/C9H13N3/c1-3-4-5-8(2)9-6-7-11-12(9)10/h3-7H,10H2,1-2H3/b4-3-,8-5-. The molecule has 0 radical (unpaired) electrons. The number of nitrogens with zero attached hydrogens (tertiary/aromatic N) is 2. The fourth-order valence-corrected chi connectivity index (χ4v) is 0.952. The first-order chi connectivity index (χ1) is 5.75. The van der Waals surface area contributed by atoms with Crippen molar-refractivity contribution in [3.8, 4) is 0 Å². The Morgan fingerprint density at radius 1 is 1.67 bits per heavy atom. The summed E-state index contributed by atoms with van der Waals surface area (Å²) >= 11 is 0. The van der Waals surface area contributed by atoms with E-state index < -0.39 is 0 Å². The van der Waals surface area contributed by atoms with E-state index >= 15 is 0 Å². The van der Waals surface area contributed by atoms with Crippen LogP contribution in [0.1, 0.15) is 19.5 Å². The van der Waals surface area contributed by atoms with Crippen molar-refractivity contribution in [2.45, 2.75) is 13.8 Å². The van der Waals surface area contributed by atoms with E-state index in [4.69, 9.17) is 5.84 Å². The Kier molecular flexibility index (Phi) is 2.69. The molecule has 0 bridgehead atoms. The van der Waals surface area contributed by atoms with Crippen LogP contribution in [0.15, 0.2) is 30.5 Å². The Balaban J connectivity index is 2.91. The molecule has 0 aliphatic carbocycles. The molecule has 1 aromatic rings. The van der Waals surface area contributed by atoms with Crippen LogP contribution in [0, 0.1) is 0 Å². The van der Waals surface area contributed by atoms with Crippen LogP contribution in [0.2, 0.25) is 0 Å². The van der Waals surface area contributed by atoms with Gasteiger partial charge in [-0.3, -0.25) is 0 Å². The summed E-state index contributed by atoms with van der Waals surface area (Å²) in [6.07, 6.45) is 7.63. The van der Waals surface area contributed by atoms with Crippen molar-refractivity contribution in [2.24, 2.45) is 0 Å². The third-order valence-corrected chi connectivity index (χ3v) is 1.61. The minimum atomic E-state index is 0.938. The first kappa shape index (κ1) is 8.59. The molecule has 0 atom stereocenters. The quantitative estimate of drug-likeness (QED) is 0.531. The van der Waals surface area contributed by atoms with E-state index in [9.17, 15) is 0 Å². The lowest BCUT2D eigenvalue weighted by atomic mass is 10.2. The third kappa shape index (κ3) is 1.75. The molecule has 0 saturated heterocycles. The molecular formula is C9H13N3. The topological polar surface area (TPSA) is 43.8 Å². The zero-order valence-electron chi connectivity index (χ0n) is 7.36. The maximum Gasteiger partial charge on any atom is 0.0872 e. The Hall–Kier alpha value is -1.51. The van der Waals surface area contributed by atoms with Gasteiger partial charge in [-0.25, -0.2) is 0 Å². The minimum absolute atomic E-state index is 0.938. The van der Waals surface area contributed by atoms with Gasteiger partial charge < -0.3 is 5.84 Å². The molecule has 0 aliphatic rings. The number of nitrogen functional groups attached to an aromatic ring is 1. The van der Waals surface area contributed by atoms with E-state index in [0.29, 0.717) is 0 Å². The number of hydrogen-bond acceptors (Lipinski definition) is 2. The zero-order chi connectivity index (χ0) is 8.97. The highest BCUT2D eigenvalue weighted by molar-refractivity contribution is 5.62. The molecule has 2 N–H and O–H groups in total. The summed E-state index contributed by atoms with van der Waals surface area (Å²) in [7, 11) is 0. The monoisotopic (exact) mass is 163 g/mol. The van der Waals surface area contributed by atoms with Crippen LogP contribution in [0.25, 0.3) is 5.57 Å². The number of aromatic nitrogens is 2. The summed E-state index contributed by atoms with van der Waals surface area (Å²) in [6.45, 7) is 3.98. The van der Waals surface area contributed by atoms with Crippen LogP contribution in [0.3, 0.4) is 0 Å². The van der Waals surface area contributed by atoms with Gasteiger partial charge in [0.25, 0.3) is 0 Å². The van der Waals surface area contributed by atoms with Gasteiger partial charge in [0, 0.05) is 0 Å². The Labute approximate surface area is 72.2 Å². The second-order valence-corrected chi connectivity index (χ2v) is 2.54. The average Bonchev–Trinajstić information content (AvgIpc) is 2.47. The van der Waals surface area contributed by atoms with Gasteiger partial charge >= 0.3 is 0 Å². The molecule has 0 unspecified atom stereocenters. The molecule has 1 rings (SSSR count). The number of nitrogens with two attached hydrogens (primary N) is 1. The number of rotatable bonds is 2. The smallest absolute Gasteiger partial charge is 0.0872 e. The van der Waals surface area contributed by atoms with E-state index in [1.807, 2.05) is 38.1 Å². The number of allylic oxidation sites excluding steroid dienone is 4. The van der Waals surface area contributed by atoms with Gasteiger partial charge in [0.15, 0.2) is 0 Å². The summed E-state index contributed by atoms with van der Waals surface area (Å²) in [5, 5.41) is 3.88. The van der Waals surface area contributed by atoms with Crippen LogP contribution in [0.5, 0.6) is 0 Å². The molecule has 3 nitrogen and oxygen atoms in total. The molecular weight excluding hydrogens is 150 g/mol. The van der Waals surface area contributed by atoms with Gasteiger partial charge in [-0.2, -0.15) is 9.89 Å². The van der Waals surface area contributed by atoms with Gasteiger partial charge in [-0.05, 0) is 25.5 Å². The molecule has 64 valence electrons. The zero-order valence-corrected chi connectivity index (χ0v) is 7.36. The summed E-state index contributed by atoms with van der Waals surface area (Å²) < 4.78 is 0. The van der Waals surface area contributed by atoms with Gasteiger partial charge in [0.2, 0.25) is 0 Å². The maximum atomic E-state index is 5.55. The lowest BCUT2D eigenvalue weighted by molar-refractivity contribution is 0.818. The van der Waals surface area contributed by atoms with Crippen molar-refractivity contribution in [2.75, 3.05) is 5.84 Å². The van der Waals surface area contributed by atoms with Crippen molar-refractivity contribution in [3.05, 3.63) is 36.2 Å². The van der Waals surface area contributed by atoms with Gasteiger partial charge in [-0.1, -0.05) is 18.2 Å². The first-order valence-corrected chi connectivity index (χ1v) is 3.84. The normalized spacial score (nSPS) is 12.7. The van der Waals surface area contributed by atoms with Crippen LogP contribution in [-0.4, -0.2) is 9.89 Å². The van der Waals surface area contributed by atoms with Crippen LogP contribution in [0.4, 0.5) is 0 Å². The molecule has 3 heteroatoms. The van der Waals surface area contributed by atoms with Crippen molar-refractivity contribution < 1.29 is 0 Å². The van der Waals surface area contributed by atoms with Crippen LogP contribution < -0.4 is 5.84 Å². The van der Waals surface area contributed by atoms with Crippen molar-refractivity contribution in [1.29, 1.82) is 0 Å². The van der Waals surface area contributed by atoms with Gasteiger partial charge in [0.1, 0.15) is 0 Å². The molecule has 0 saturated carbocycles. The molecule has 0 spiro atoms. The fourth-order valence-electron chi connectivity index (χ4n) is 0.952. The second-order valence-electron chi connectivity index (χ2n) is 2.54. The number of hydrogen-bond donors (Lipinski definition) is 1. The van der Waals surface area contributed by atoms with Crippen LogP contribution in [-0.2, 0) is 0 Å². The van der Waals surface area contributed by atoms with Gasteiger partial charge in [0.05, 0.1) is 11.9 Å². The van der Waals surface area contributed by atoms with Crippen LogP contribution >= 0.6 is 0 Å². The third-order valence-electron chi connectivity index (χ3n) is 1.61. The predicted octanol–water partition coefficient (Wildman–Crippen LogP) is 1.58. The Morgan fingerprint density at radius 3 is 2.92 bits per heavy atom. The molecule has 0 aromatic carbocycles. The maximum absolute atomic E-state index is 5.55. The Morgan fingerprint density at radius 2 is 2.42 bits per heavy atom. The summed E-state index contributed by atoms with van der Waals surface area (Å²) in [5.74, 6) is 5.55. The summed E-state index contributed by atoms with van der Waals surface area (Å²) in [4.78, 5) is 1.37. The van der Waals surface area contributed by atoms with Crippen molar-refractivity contribution >= 4 is 5.57 Å². The Bertz CT molecular complexity index is 307. The molecule has 1 heterocycles. The van der Waals surface area contributed by atoms with E-state index in [1.165, 1.54) is 4.79 Å². The van der Waals surface area contributed by atoms with E-state index in [0.717, 1.165) is 11.3 Å². The van der Waals surface area contributed by atoms with E-state index in [1.54, 1.807) is 6.20 Å². The largest absolute Gasteiger partial charge is 0.323 e. The second kappa shape index (κ2) is 3.76. The lowest BCUT2D eigenvalue weighted by Gasteiger charge is -1.99. The first-order valence-electron chi connectivity index (χ1n) is 3.84. The highest BCUT2D eigenvalue weighted by Crippen LogP contribution is 2.10. The highest BCUT2D eigenvalue weighted by Gasteiger charge is 1.98. The summed E-state index contributed by atoms with van der Waals surface area (Å²) in [5.41, 5.74) is 2.04. The van der Waals surface area contributed by atoms with E-state index in [-0.39, 0.29) is 0 Å². The van der Waals surface area contributed by atoms with Gasteiger partial charge in [-0.15, -0.1) is 0 Å². The fraction of sp³-hybridized carbons (Fsp3) is 0.222. The molecule has 0 fully saturated rings. The average molecular weight is 163 g/mol. The van der Waals surface area contributed by atoms with Crippen molar-refractivity contribution in [1.82, 2.24) is 9.89 Å². The minimum Gasteiger partial charge on any atom is -0.323 e. The van der Waals surface area contributed by atoms with E-state index in [2.05, 4.69) is 5.10 Å².